The van der Waals surface area contributed by atoms with Gasteiger partial charge in [-0.2, -0.15) is 0 Å². The molecule has 96 valence electrons. The van der Waals surface area contributed by atoms with E-state index in [0.29, 0.717) is 16.3 Å². The lowest BCUT2D eigenvalue weighted by molar-refractivity contribution is 0.513. The van der Waals surface area contributed by atoms with Crippen LogP contribution in [0.2, 0.25) is 5.02 Å². The smallest absolute Gasteiger partial charge is 0.0963 e. The Balaban J connectivity index is 2.33. The van der Waals surface area contributed by atoms with Gasteiger partial charge in [0.05, 0.1) is 10.0 Å². The molecule has 2 unspecified atom stereocenters. The molecule has 0 aliphatic carbocycles. The van der Waals surface area contributed by atoms with Crippen LogP contribution in [0.1, 0.15) is 33.6 Å². The van der Waals surface area contributed by atoms with Crippen molar-refractivity contribution in [2.75, 3.05) is 6.54 Å². The number of hydrogen-bond acceptors (Lipinski definition) is 3. The molecule has 0 aromatic carbocycles. The van der Waals surface area contributed by atoms with E-state index in [-0.39, 0.29) is 0 Å². The summed E-state index contributed by atoms with van der Waals surface area (Å²) in [7, 11) is 0. The van der Waals surface area contributed by atoms with Crippen LogP contribution in [0.25, 0.3) is 0 Å². The minimum absolute atomic E-state index is 0.558. The van der Waals surface area contributed by atoms with E-state index < -0.39 is 0 Å². The number of nitrogens with zero attached hydrogens (tertiary/aromatic N) is 1. The first-order chi connectivity index (χ1) is 8.11. The molecule has 0 spiro atoms. The summed E-state index contributed by atoms with van der Waals surface area (Å²) in [6, 6.07) is 4.43. The van der Waals surface area contributed by atoms with Crippen LogP contribution in [0.15, 0.2) is 23.4 Å². The van der Waals surface area contributed by atoms with Crippen molar-refractivity contribution in [1.82, 2.24) is 10.3 Å². The SMILES string of the molecule is CCCNC(C)CC(C)Sc1ccc(Cl)cn1. The molecule has 1 aromatic heterocycles. The zero-order chi connectivity index (χ0) is 12.7. The predicted molar refractivity (Wildman–Crippen MR) is 76.9 cm³/mol. The Morgan fingerprint density at radius 2 is 2.18 bits per heavy atom. The maximum Gasteiger partial charge on any atom is 0.0963 e. The van der Waals surface area contributed by atoms with Crippen LogP contribution in [0.4, 0.5) is 0 Å². The van der Waals surface area contributed by atoms with Gasteiger partial charge in [0.2, 0.25) is 0 Å². The number of halogens is 1. The highest BCUT2D eigenvalue weighted by Gasteiger charge is 2.10. The van der Waals surface area contributed by atoms with Crippen LogP contribution in [0, 0.1) is 0 Å². The highest BCUT2D eigenvalue weighted by molar-refractivity contribution is 7.99. The van der Waals surface area contributed by atoms with Gasteiger partial charge in [-0.15, -0.1) is 11.8 Å². The molecule has 4 heteroatoms. The fourth-order valence-electron chi connectivity index (χ4n) is 1.66. The molecule has 1 heterocycles. The van der Waals surface area contributed by atoms with Crippen LogP contribution in [-0.4, -0.2) is 22.8 Å². The molecule has 0 aliphatic heterocycles. The van der Waals surface area contributed by atoms with Crippen molar-refractivity contribution in [3.8, 4) is 0 Å². The van der Waals surface area contributed by atoms with E-state index in [1.165, 1.54) is 6.42 Å². The third-order valence-corrected chi connectivity index (χ3v) is 3.75. The molecule has 2 atom stereocenters. The number of hydrogen-bond donors (Lipinski definition) is 1. The highest BCUT2D eigenvalue weighted by Crippen LogP contribution is 2.24. The summed E-state index contributed by atoms with van der Waals surface area (Å²) < 4.78 is 0. The second-order valence-electron chi connectivity index (χ2n) is 4.33. The summed E-state index contributed by atoms with van der Waals surface area (Å²) in [6.07, 6.45) is 4.04. The lowest BCUT2D eigenvalue weighted by Gasteiger charge is -2.17. The molecule has 0 bridgehead atoms. The molecule has 0 amide bonds. The predicted octanol–water partition coefficient (Wildman–Crippen LogP) is 3.99. The number of thioether (sulfide) groups is 1. The molecular weight excluding hydrogens is 252 g/mol. The van der Waals surface area contributed by atoms with Crippen molar-refractivity contribution in [1.29, 1.82) is 0 Å². The monoisotopic (exact) mass is 272 g/mol. The van der Waals surface area contributed by atoms with E-state index in [1.54, 1.807) is 18.0 Å². The van der Waals surface area contributed by atoms with E-state index in [0.717, 1.165) is 18.0 Å². The summed E-state index contributed by atoms with van der Waals surface area (Å²) in [5.74, 6) is 0. The van der Waals surface area contributed by atoms with E-state index >= 15 is 0 Å². The zero-order valence-corrected chi connectivity index (χ0v) is 12.3. The quantitative estimate of drug-likeness (QED) is 0.760. The Bertz CT molecular complexity index is 316. The van der Waals surface area contributed by atoms with Crippen molar-refractivity contribution in [2.24, 2.45) is 0 Å². The number of nitrogens with one attached hydrogen (secondary N) is 1. The average molecular weight is 273 g/mol. The van der Waals surface area contributed by atoms with Gasteiger partial charge in [0.1, 0.15) is 0 Å². The van der Waals surface area contributed by atoms with Gasteiger partial charge in [0, 0.05) is 17.5 Å². The largest absolute Gasteiger partial charge is 0.314 e. The summed E-state index contributed by atoms with van der Waals surface area (Å²) in [4.78, 5) is 4.30. The Morgan fingerprint density at radius 3 is 2.76 bits per heavy atom. The van der Waals surface area contributed by atoms with E-state index in [4.69, 9.17) is 11.6 Å². The van der Waals surface area contributed by atoms with Gasteiger partial charge >= 0.3 is 0 Å². The number of pyridine rings is 1. The molecule has 1 N–H and O–H groups in total. The average Bonchev–Trinajstić information content (AvgIpc) is 2.29. The summed E-state index contributed by atoms with van der Waals surface area (Å²) >= 11 is 7.61. The Labute approximate surface area is 114 Å². The van der Waals surface area contributed by atoms with Crippen LogP contribution >= 0.6 is 23.4 Å². The molecule has 17 heavy (non-hydrogen) atoms. The first-order valence-electron chi connectivity index (χ1n) is 6.13. The van der Waals surface area contributed by atoms with Crippen molar-refractivity contribution in [3.63, 3.8) is 0 Å². The van der Waals surface area contributed by atoms with Gasteiger partial charge in [-0.3, -0.25) is 0 Å². The van der Waals surface area contributed by atoms with Crippen LogP contribution in [0.5, 0.6) is 0 Å². The van der Waals surface area contributed by atoms with Crippen LogP contribution in [0.3, 0.4) is 0 Å². The number of rotatable bonds is 7. The fraction of sp³-hybridized carbons (Fsp3) is 0.615. The summed E-state index contributed by atoms with van der Waals surface area (Å²) in [6.45, 7) is 7.76. The first-order valence-corrected chi connectivity index (χ1v) is 7.39. The number of aromatic nitrogens is 1. The molecule has 2 nitrogen and oxygen atoms in total. The van der Waals surface area contributed by atoms with Gasteiger partial charge < -0.3 is 5.32 Å². The molecule has 0 saturated carbocycles. The lowest BCUT2D eigenvalue weighted by Crippen LogP contribution is -2.29. The van der Waals surface area contributed by atoms with Crippen molar-refractivity contribution in [3.05, 3.63) is 23.4 Å². The second-order valence-corrected chi connectivity index (χ2v) is 6.23. The van der Waals surface area contributed by atoms with Crippen LogP contribution in [-0.2, 0) is 0 Å². The topological polar surface area (TPSA) is 24.9 Å². The molecule has 0 saturated heterocycles. The van der Waals surface area contributed by atoms with Gasteiger partial charge in [0.25, 0.3) is 0 Å². The van der Waals surface area contributed by atoms with Crippen molar-refractivity contribution >= 4 is 23.4 Å². The van der Waals surface area contributed by atoms with E-state index in [2.05, 4.69) is 31.1 Å². The van der Waals surface area contributed by atoms with Crippen molar-refractivity contribution in [2.45, 2.75) is 49.9 Å². The molecule has 1 aromatic rings. The first kappa shape index (κ1) is 14.8. The second kappa shape index (κ2) is 7.96. The summed E-state index contributed by atoms with van der Waals surface area (Å²) in [5, 5.41) is 5.80. The van der Waals surface area contributed by atoms with Crippen LogP contribution < -0.4 is 5.32 Å². The third-order valence-electron chi connectivity index (χ3n) is 2.45. The Hall–Kier alpha value is -0.250. The normalized spacial score (nSPS) is 14.6. The maximum absolute atomic E-state index is 5.81. The summed E-state index contributed by atoms with van der Waals surface area (Å²) in [5.41, 5.74) is 0. The van der Waals surface area contributed by atoms with Gasteiger partial charge in [0.15, 0.2) is 0 Å². The van der Waals surface area contributed by atoms with E-state index in [1.807, 2.05) is 12.1 Å². The fourth-order valence-corrected chi connectivity index (χ4v) is 2.83. The Morgan fingerprint density at radius 1 is 1.41 bits per heavy atom. The lowest BCUT2D eigenvalue weighted by atomic mass is 10.2. The molecule has 0 radical (unpaired) electrons. The maximum atomic E-state index is 5.81. The molecular formula is C13H21ClN2S. The van der Waals surface area contributed by atoms with Crippen molar-refractivity contribution < 1.29 is 0 Å². The Kier molecular flexibility index (Phi) is 6.93. The van der Waals surface area contributed by atoms with Gasteiger partial charge in [-0.1, -0.05) is 25.4 Å². The standard InChI is InChI=1S/C13H21ClN2S/c1-4-7-15-10(2)8-11(3)17-13-6-5-12(14)9-16-13/h5-6,9-11,15H,4,7-8H2,1-3H3. The minimum Gasteiger partial charge on any atom is -0.314 e. The molecule has 1 rings (SSSR count). The third kappa shape index (κ3) is 6.29. The minimum atomic E-state index is 0.558. The van der Waals surface area contributed by atoms with E-state index in [9.17, 15) is 0 Å². The molecule has 0 aliphatic rings. The van der Waals surface area contributed by atoms with Gasteiger partial charge in [-0.25, -0.2) is 4.98 Å². The molecule has 0 fully saturated rings. The van der Waals surface area contributed by atoms with Gasteiger partial charge in [-0.05, 0) is 38.4 Å². The highest BCUT2D eigenvalue weighted by atomic mass is 35.5. The zero-order valence-electron chi connectivity index (χ0n) is 10.7.